The van der Waals surface area contributed by atoms with Crippen LogP contribution in [0.4, 0.5) is 16.8 Å². The monoisotopic (exact) mass is 395 g/mol. The Hall–Kier alpha value is -3.20. The fraction of sp³-hybridized carbons (Fsp3) is 0.263. The van der Waals surface area contributed by atoms with Crippen molar-refractivity contribution in [1.29, 1.82) is 0 Å². The van der Waals surface area contributed by atoms with Gasteiger partial charge >= 0.3 is 0 Å². The highest BCUT2D eigenvalue weighted by Gasteiger charge is 2.15. The minimum absolute atomic E-state index is 0.215. The van der Waals surface area contributed by atoms with Crippen LogP contribution in [0, 0.1) is 6.92 Å². The highest BCUT2D eigenvalue weighted by molar-refractivity contribution is 7.10. The molecule has 0 aliphatic heterocycles. The van der Waals surface area contributed by atoms with Gasteiger partial charge in [0.25, 0.3) is 0 Å². The summed E-state index contributed by atoms with van der Waals surface area (Å²) in [6.45, 7) is 6.12. The van der Waals surface area contributed by atoms with E-state index < -0.39 is 0 Å². The zero-order valence-electron chi connectivity index (χ0n) is 16.1. The van der Waals surface area contributed by atoms with Gasteiger partial charge in [-0.3, -0.25) is 0 Å². The molecule has 0 unspecified atom stereocenters. The first-order valence-electron chi connectivity index (χ1n) is 8.90. The van der Waals surface area contributed by atoms with Crippen LogP contribution in [0.2, 0.25) is 0 Å². The summed E-state index contributed by atoms with van der Waals surface area (Å²) in [5, 5.41) is 7.59. The minimum Gasteiger partial charge on any atom is -0.481 e. The number of ether oxygens (including phenoxy) is 1. The Morgan fingerprint density at radius 3 is 2.75 bits per heavy atom. The molecular formula is C19H21N7OS. The molecule has 4 rings (SSSR count). The molecular weight excluding hydrogens is 374 g/mol. The molecule has 0 aliphatic rings. The predicted octanol–water partition coefficient (Wildman–Crippen LogP) is 4.15. The topological polar surface area (TPSA) is 89.8 Å². The molecule has 4 aromatic heterocycles. The molecule has 0 fully saturated rings. The molecule has 9 heteroatoms. The Morgan fingerprint density at radius 1 is 1.18 bits per heavy atom. The molecule has 0 atom stereocenters. The summed E-state index contributed by atoms with van der Waals surface area (Å²) in [6, 6.07) is 7.96. The van der Waals surface area contributed by atoms with Crippen LogP contribution in [0.1, 0.15) is 19.5 Å². The molecule has 0 saturated carbocycles. The average Bonchev–Trinajstić information content (AvgIpc) is 3.27. The van der Waals surface area contributed by atoms with Crippen molar-refractivity contribution in [3.8, 4) is 11.6 Å². The lowest BCUT2D eigenvalue weighted by Gasteiger charge is -2.14. The van der Waals surface area contributed by atoms with Crippen molar-refractivity contribution in [2.45, 2.75) is 26.8 Å². The van der Waals surface area contributed by atoms with Crippen LogP contribution in [0.15, 0.2) is 36.7 Å². The molecule has 144 valence electrons. The van der Waals surface area contributed by atoms with Gasteiger partial charge in [0.1, 0.15) is 10.5 Å². The van der Waals surface area contributed by atoms with E-state index in [1.807, 2.05) is 42.0 Å². The van der Waals surface area contributed by atoms with Gasteiger partial charge in [-0.1, -0.05) is 0 Å². The largest absolute Gasteiger partial charge is 0.481 e. The van der Waals surface area contributed by atoms with Gasteiger partial charge in [0.2, 0.25) is 11.8 Å². The van der Waals surface area contributed by atoms with Crippen molar-refractivity contribution in [3.63, 3.8) is 0 Å². The summed E-state index contributed by atoms with van der Waals surface area (Å²) in [7, 11) is 1.60. The lowest BCUT2D eigenvalue weighted by Crippen LogP contribution is -2.13. The fourth-order valence-electron chi connectivity index (χ4n) is 2.88. The quantitative estimate of drug-likeness (QED) is 0.507. The van der Waals surface area contributed by atoms with Crippen LogP contribution >= 0.6 is 11.5 Å². The van der Waals surface area contributed by atoms with Crippen molar-refractivity contribution < 1.29 is 4.74 Å². The van der Waals surface area contributed by atoms with Crippen LogP contribution in [0.5, 0.6) is 5.88 Å². The first-order valence-corrected chi connectivity index (χ1v) is 9.67. The first-order chi connectivity index (χ1) is 13.5. The van der Waals surface area contributed by atoms with E-state index in [1.54, 1.807) is 13.3 Å². The molecule has 0 radical (unpaired) electrons. The van der Waals surface area contributed by atoms with Crippen molar-refractivity contribution in [1.82, 2.24) is 23.9 Å². The zero-order valence-corrected chi connectivity index (χ0v) is 16.9. The van der Waals surface area contributed by atoms with Gasteiger partial charge < -0.3 is 19.9 Å². The van der Waals surface area contributed by atoms with Crippen molar-refractivity contribution in [2.75, 3.05) is 17.7 Å². The third kappa shape index (κ3) is 3.61. The molecule has 0 amide bonds. The highest BCUT2D eigenvalue weighted by Crippen LogP contribution is 2.29. The number of nitrogens with one attached hydrogen (secondary N) is 2. The number of fused-ring (bicyclic) bond motifs is 1. The van der Waals surface area contributed by atoms with Gasteiger partial charge in [-0.25, -0.2) is 9.97 Å². The second kappa shape index (κ2) is 7.43. The molecule has 2 N–H and O–H groups in total. The number of pyridine rings is 1. The van der Waals surface area contributed by atoms with Gasteiger partial charge in [0.15, 0.2) is 5.82 Å². The SMILES string of the molecule is COc1cc(-n2ccc3nc(Nc4cc(C)ns4)nc(NC(C)C)c32)ccn1. The Bertz CT molecular complexity index is 1120. The number of rotatable bonds is 6. The lowest BCUT2D eigenvalue weighted by atomic mass is 10.3. The van der Waals surface area contributed by atoms with Crippen LogP contribution in [0.25, 0.3) is 16.7 Å². The number of anilines is 3. The van der Waals surface area contributed by atoms with E-state index in [4.69, 9.17) is 9.72 Å². The van der Waals surface area contributed by atoms with E-state index in [-0.39, 0.29) is 6.04 Å². The lowest BCUT2D eigenvalue weighted by molar-refractivity contribution is 0.397. The van der Waals surface area contributed by atoms with Gasteiger partial charge in [-0.2, -0.15) is 9.36 Å². The van der Waals surface area contributed by atoms with Crippen molar-refractivity contribution in [2.24, 2.45) is 0 Å². The van der Waals surface area contributed by atoms with Crippen LogP contribution in [0.3, 0.4) is 0 Å². The maximum Gasteiger partial charge on any atom is 0.230 e. The number of nitrogens with zero attached hydrogens (tertiary/aromatic N) is 5. The number of aromatic nitrogens is 5. The second-order valence-corrected chi connectivity index (χ2v) is 7.43. The highest BCUT2D eigenvalue weighted by atomic mass is 32.1. The van der Waals surface area contributed by atoms with E-state index in [9.17, 15) is 0 Å². The predicted molar refractivity (Wildman–Crippen MR) is 112 cm³/mol. The molecule has 28 heavy (non-hydrogen) atoms. The standard InChI is InChI=1S/C19H21N7OS/c1-11(2)21-18-17-14(22-19(24-18)23-16-9-12(3)25-28-16)6-8-26(17)13-5-7-20-15(10-13)27-4/h5-11H,1-4H3,(H2,21,22,23,24). The molecule has 8 nitrogen and oxygen atoms in total. The number of methoxy groups -OCH3 is 1. The van der Waals surface area contributed by atoms with Crippen molar-refractivity contribution in [3.05, 3.63) is 42.4 Å². The Labute approximate surface area is 166 Å². The van der Waals surface area contributed by atoms with E-state index in [2.05, 4.69) is 38.8 Å². The van der Waals surface area contributed by atoms with Crippen LogP contribution < -0.4 is 15.4 Å². The third-order valence-corrected chi connectivity index (χ3v) is 4.82. The summed E-state index contributed by atoms with van der Waals surface area (Å²) in [5.74, 6) is 1.84. The average molecular weight is 395 g/mol. The van der Waals surface area contributed by atoms with Crippen LogP contribution in [-0.2, 0) is 0 Å². The van der Waals surface area contributed by atoms with Gasteiger partial charge in [0, 0.05) is 24.5 Å². The van der Waals surface area contributed by atoms with E-state index >= 15 is 0 Å². The molecule has 0 saturated heterocycles. The summed E-state index contributed by atoms with van der Waals surface area (Å²) < 4.78 is 11.6. The van der Waals surface area contributed by atoms with Gasteiger partial charge in [0.05, 0.1) is 24.0 Å². The molecule has 4 aromatic rings. The van der Waals surface area contributed by atoms with Gasteiger partial charge in [-0.05, 0) is 50.5 Å². The summed E-state index contributed by atoms with van der Waals surface area (Å²) in [6.07, 6.45) is 3.69. The minimum atomic E-state index is 0.215. The zero-order chi connectivity index (χ0) is 19.7. The molecule has 0 aromatic carbocycles. The summed E-state index contributed by atoms with van der Waals surface area (Å²) >= 11 is 1.39. The normalized spacial score (nSPS) is 11.2. The maximum atomic E-state index is 5.26. The van der Waals surface area contributed by atoms with Gasteiger partial charge in [-0.15, -0.1) is 0 Å². The smallest absolute Gasteiger partial charge is 0.230 e. The van der Waals surface area contributed by atoms with E-state index in [0.29, 0.717) is 11.8 Å². The first kappa shape index (κ1) is 18.2. The third-order valence-electron chi connectivity index (χ3n) is 4.03. The number of hydrogen-bond donors (Lipinski definition) is 2. The van der Waals surface area contributed by atoms with Crippen LogP contribution in [-0.4, -0.2) is 37.0 Å². The maximum absolute atomic E-state index is 5.26. The summed E-state index contributed by atoms with van der Waals surface area (Å²) in [4.78, 5) is 13.6. The molecule has 0 aliphatic carbocycles. The Kier molecular flexibility index (Phi) is 4.82. The van der Waals surface area contributed by atoms with Crippen molar-refractivity contribution >= 4 is 39.3 Å². The number of hydrogen-bond acceptors (Lipinski definition) is 8. The van der Waals surface area contributed by atoms with E-state index in [0.717, 1.165) is 33.2 Å². The Balaban J connectivity index is 1.82. The second-order valence-electron chi connectivity index (χ2n) is 6.63. The summed E-state index contributed by atoms with van der Waals surface area (Å²) in [5.41, 5.74) is 3.62. The fourth-order valence-corrected chi connectivity index (χ4v) is 3.54. The number of aryl methyl sites for hydroxylation is 1. The molecule has 0 spiro atoms. The Morgan fingerprint density at radius 2 is 2.04 bits per heavy atom. The molecule has 4 heterocycles. The van der Waals surface area contributed by atoms with E-state index in [1.165, 1.54) is 11.5 Å². The molecule has 0 bridgehead atoms.